The number of hydrogen-bond acceptors (Lipinski definition) is 11. The quantitative estimate of drug-likeness (QED) is 0.0643. The monoisotopic (exact) mass is 724 g/mol. The molecule has 0 saturated heterocycles. The summed E-state index contributed by atoms with van der Waals surface area (Å²) in [7, 11) is -4.35. The average molecular weight is 725 g/mol. The van der Waals surface area contributed by atoms with E-state index < -0.39 is 32.9 Å². The van der Waals surface area contributed by atoms with Crippen LogP contribution in [0, 0.1) is 0 Å². The number of nitrogens with one attached hydrogen (secondary N) is 1. The number of isocyanates is 2. The zero-order chi connectivity index (χ0) is 36.6. The molecule has 0 aromatic carbocycles. The minimum Gasteiger partial charge on any atom is -0.748 e. The van der Waals surface area contributed by atoms with E-state index in [1.54, 1.807) is 4.90 Å². The van der Waals surface area contributed by atoms with E-state index in [1.165, 1.54) is 12.2 Å². The van der Waals surface area contributed by atoms with Gasteiger partial charge in [0.05, 0.1) is 23.2 Å². The van der Waals surface area contributed by atoms with Crippen LogP contribution in [-0.4, -0.2) is 87.7 Å². The van der Waals surface area contributed by atoms with Crippen LogP contribution in [-0.2, 0) is 39.3 Å². The van der Waals surface area contributed by atoms with Crippen molar-refractivity contribution in [3.8, 4) is 0 Å². The van der Waals surface area contributed by atoms with Gasteiger partial charge >= 0.3 is 23.1 Å². The second-order valence-electron chi connectivity index (χ2n) is 12.8. The molecule has 0 bridgehead atoms. The Labute approximate surface area is 293 Å². The first-order valence-corrected chi connectivity index (χ1v) is 19.7. The number of aromatic nitrogens is 3. The van der Waals surface area contributed by atoms with Crippen LogP contribution >= 0.6 is 0 Å². The molecule has 1 saturated carbocycles. The fraction of sp³-hybridized carbons (Fsp3) is 0.818. The van der Waals surface area contributed by atoms with Crippen LogP contribution in [0.5, 0.6) is 0 Å². The van der Waals surface area contributed by atoms with Gasteiger partial charge in [0.1, 0.15) is 0 Å². The van der Waals surface area contributed by atoms with Crippen molar-refractivity contribution in [2.45, 2.75) is 141 Å². The molecular formula is C33H54N7O9S-. The summed E-state index contributed by atoms with van der Waals surface area (Å²) in [4.78, 5) is 82.1. The first-order valence-electron chi connectivity index (χ1n) is 18.1. The molecule has 0 atom stereocenters. The number of hydrogen-bond donors (Lipinski definition) is 1. The Kier molecular flexibility index (Phi) is 20.8. The number of amides is 2. The zero-order valence-corrected chi connectivity index (χ0v) is 30.0. The standard InChI is InChI=1S/C33H55N7O9S/c41-27-34-19-10-1-4-13-22-38-31(44)39(23-14-5-2-11-20-35-28-42)33(46)40(32(38)45)24-15-6-3-12-21-36-30(43)37(25-16-26-50(47,48)49)29-17-8-7-9-18-29/h29H,1-26H2,(H,36,43)(H,47,48,49)/p-1. The predicted molar refractivity (Wildman–Crippen MR) is 187 cm³/mol. The predicted octanol–water partition coefficient (Wildman–Crippen LogP) is 2.80. The molecular weight excluding hydrogens is 670 g/mol. The summed E-state index contributed by atoms with van der Waals surface area (Å²) in [6.45, 7) is 1.86. The molecule has 1 aliphatic rings. The van der Waals surface area contributed by atoms with Crippen molar-refractivity contribution in [1.29, 1.82) is 0 Å². The SMILES string of the molecule is O=C=NCCCCCCn1c(=O)n(CCCCCCN=C=O)c(=O)n(CCCCCCNC(=O)N(CCCS(=O)(=O)[O-])C2CCCCC2)c1=O. The number of carbonyl (C=O) groups excluding carboxylic acids is 3. The molecule has 1 fully saturated rings. The molecule has 0 radical (unpaired) electrons. The Morgan fingerprint density at radius 2 is 1.14 bits per heavy atom. The lowest BCUT2D eigenvalue weighted by molar-refractivity contribution is 0.155. The molecule has 2 rings (SSSR count). The van der Waals surface area contributed by atoms with E-state index in [0.717, 1.165) is 77.9 Å². The Morgan fingerprint density at radius 1 is 0.700 bits per heavy atom. The minimum atomic E-state index is -4.35. The number of carbonyl (C=O) groups is 1. The first-order chi connectivity index (χ1) is 24.1. The summed E-state index contributed by atoms with van der Waals surface area (Å²) < 4.78 is 36.6. The lowest BCUT2D eigenvalue weighted by atomic mass is 9.94. The lowest BCUT2D eigenvalue weighted by Crippen LogP contribution is -2.54. The van der Waals surface area contributed by atoms with E-state index >= 15 is 0 Å². The molecule has 1 heterocycles. The van der Waals surface area contributed by atoms with Crippen molar-refractivity contribution in [2.75, 3.05) is 31.9 Å². The summed E-state index contributed by atoms with van der Waals surface area (Å²) in [6.07, 6.45) is 16.0. The van der Waals surface area contributed by atoms with Crippen LogP contribution < -0.4 is 22.4 Å². The maximum Gasteiger partial charge on any atom is 0.336 e. The zero-order valence-electron chi connectivity index (χ0n) is 29.2. The van der Waals surface area contributed by atoms with Gasteiger partial charge in [-0.05, 0) is 57.8 Å². The van der Waals surface area contributed by atoms with E-state index in [4.69, 9.17) is 0 Å². The van der Waals surface area contributed by atoms with Crippen molar-refractivity contribution in [2.24, 2.45) is 9.98 Å². The summed E-state index contributed by atoms with van der Waals surface area (Å²) in [5, 5.41) is 2.92. The van der Waals surface area contributed by atoms with Gasteiger partial charge in [-0.15, -0.1) is 0 Å². The van der Waals surface area contributed by atoms with Crippen LogP contribution in [0.2, 0.25) is 0 Å². The van der Waals surface area contributed by atoms with Gasteiger partial charge in [-0.25, -0.2) is 60.9 Å². The van der Waals surface area contributed by atoms with Crippen molar-refractivity contribution in [3.63, 3.8) is 0 Å². The topological polar surface area (TPSA) is 214 Å². The highest BCUT2D eigenvalue weighted by atomic mass is 32.2. The Morgan fingerprint density at radius 3 is 1.58 bits per heavy atom. The maximum atomic E-state index is 13.3. The molecule has 50 heavy (non-hydrogen) atoms. The summed E-state index contributed by atoms with van der Waals surface area (Å²) in [5.41, 5.74) is -1.89. The van der Waals surface area contributed by atoms with Crippen molar-refractivity contribution >= 4 is 28.3 Å². The Bertz CT molecular complexity index is 1480. The lowest BCUT2D eigenvalue weighted by Gasteiger charge is -2.34. The van der Waals surface area contributed by atoms with Gasteiger partial charge in [-0.3, -0.25) is 0 Å². The minimum absolute atomic E-state index is 0.0232. The fourth-order valence-electron chi connectivity index (χ4n) is 6.28. The van der Waals surface area contributed by atoms with Crippen molar-refractivity contribution in [3.05, 3.63) is 31.5 Å². The molecule has 1 aromatic rings. The van der Waals surface area contributed by atoms with Gasteiger partial charge in [0.2, 0.25) is 12.2 Å². The van der Waals surface area contributed by atoms with E-state index in [2.05, 4.69) is 15.3 Å². The van der Waals surface area contributed by atoms with Crippen LogP contribution in [0.25, 0.3) is 0 Å². The van der Waals surface area contributed by atoms with E-state index in [1.807, 2.05) is 0 Å². The number of unbranched alkanes of at least 4 members (excludes halogenated alkanes) is 9. The fourth-order valence-corrected chi connectivity index (χ4v) is 6.76. The molecule has 17 heteroatoms. The molecule has 282 valence electrons. The third-order valence-electron chi connectivity index (χ3n) is 8.97. The van der Waals surface area contributed by atoms with Crippen LogP contribution in [0.15, 0.2) is 24.4 Å². The average Bonchev–Trinajstić information content (AvgIpc) is 3.09. The molecule has 1 aliphatic carbocycles. The molecule has 1 N–H and O–H groups in total. The first kappa shape index (κ1) is 42.5. The van der Waals surface area contributed by atoms with Gasteiger partial charge < -0.3 is 14.8 Å². The number of urea groups is 1. The van der Waals surface area contributed by atoms with Gasteiger partial charge in [-0.2, -0.15) is 0 Å². The molecule has 0 spiro atoms. The second kappa shape index (κ2) is 24.5. The van der Waals surface area contributed by atoms with Crippen molar-refractivity contribution < 1.29 is 27.4 Å². The molecule has 16 nitrogen and oxygen atoms in total. The second-order valence-corrected chi connectivity index (χ2v) is 14.3. The van der Waals surface area contributed by atoms with E-state index in [0.29, 0.717) is 64.6 Å². The smallest absolute Gasteiger partial charge is 0.336 e. The largest absolute Gasteiger partial charge is 0.748 e. The van der Waals surface area contributed by atoms with Crippen molar-refractivity contribution in [1.82, 2.24) is 23.9 Å². The summed E-state index contributed by atoms with van der Waals surface area (Å²) in [5.74, 6) is -0.506. The van der Waals surface area contributed by atoms with Gasteiger partial charge in [0.15, 0.2) is 0 Å². The third kappa shape index (κ3) is 16.4. The van der Waals surface area contributed by atoms with Crippen LogP contribution in [0.4, 0.5) is 4.79 Å². The van der Waals surface area contributed by atoms with Gasteiger partial charge in [0.25, 0.3) is 0 Å². The summed E-state index contributed by atoms with van der Waals surface area (Å²) >= 11 is 0. The molecule has 1 aromatic heterocycles. The van der Waals surface area contributed by atoms with E-state index in [-0.39, 0.29) is 44.7 Å². The molecule has 2 amide bonds. The van der Waals surface area contributed by atoms with Crippen LogP contribution in [0.1, 0.15) is 116 Å². The summed E-state index contributed by atoms with van der Waals surface area (Å²) in [6, 6.07) is -0.242. The third-order valence-corrected chi connectivity index (χ3v) is 9.76. The van der Waals surface area contributed by atoms with E-state index in [9.17, 15) is 41.7 Å². The van der Waals surface area contributed by atoms with Gasteiger partial charge in [0, 0.05) is 44.5 Å². The maximum absolute atomic E-state index is 13.3. The highest BCUT2D eigenvalue weighted by molar-refractivity contribution is 7.85. The highest BCUT2D eigenvalue weighted by Crippen LogP contribution is 2.23. The highest BCUT2D eigenvalue weighted by Gasteiger charge is 2.25. The van der Waals surface area contributed by atoms with Gasteiger partial charge in [-0.1, -0.05) is 57.8 Å². The number of rotatable bonds is 26. The Hall–Kier alpha value is -3.65. The number of aliphatic imine (C=N–C) groups is 2. The molecule has 0 unspecified atom stereocenters. The Balaban J connectivity index is 1.95. The molecule has 0 aliphatic heterocycles. The number of nitrogens with zero attached hydrogens (tertiary/aromatic N) is 6. The normalized spacial score (nSPS) is 13.4. The van der Waals surface area contributed by atoms with Crippen LogP contribution in [0.3, 0.4) is 0 Å².